The van der Waals surface area contributed by atoms with Crippen LogP contribution in [0.2, 0.25) is 0 Å². The normalized spacial score (nSPS) is 18.4. The van der Waals surface area contributed by atoms with Gasteiger partial charge in [-0.1, -0.05) is 26.0 Å². The Balaban J connectivity index is 2.50. The third-order valence-electron chi connectivity index (χ3n) is 2.23. The molecule has 0 unspecified atom stereocenters. The van der Waals surface area contributed by atoms with E-state index in [9.17, 15) is 0 Å². The number of allylic oxidation sites excluding steroid dienone is 2. The van der Waals surface area contributed by atoms with Crippen LogP contribution in [0.15, 0.2) is 12.2 Å². The van der Waals surface area contributed by atoms with E-state index in [2.05, 4.69) is 48.1 Å². The monoisotopic (exact) mass is 174 g/mol. The molecule has 1 heterocycles. The fraction of sp³-hybridized carbons (Fsp3) is 0.364. The summed E-state index contributed by atoms with van der Waals surface area (Å²) in [5.74, 6) is 0.971. The molecule has 0 radical (unpaired) electrons. The highest BCUT2D eigenvalue weighted by molar-refractivity contribution is 5.63. The van der Waals surface area contributed by atoms with Gasteiger partial charge in [0.2, 0.25) is 0 Å². The van der Waals surface area contributed by atoms with Crippen molar-refractivity contribution in [2.45, 2.75) is 20.8 Å². The van der Waals surface area contributed by atoms with E-state index in [1.807, 2.05) is 6.92 Å². The molecular formula is C11H14N2. The number of hydrogen-bond acceptors (Lipinski definition) is 1. The van der Waals surface area contributed by atoms with Gasteiger partial charge in [-0.3, -0.25) is 0 Å². The molecule has 1 aromatic rings. The van der Waals surface area contributed by atoms with E-state index >= 15 is 0 Å². The molecule has 0 saturated carbocycles. The minimum atomic E-state index is 0.134. The van der Waals surface area contributed by atoms with Crippen molar-refractivity contribution < 1.29 is 0 Å². The summed E-state index contributed by atoms with van der Waals surface area (Å²) < 4.78 is 0. The van der Waals surface area contributed by atoms with Crippen LogP contribution in [0.1, 0.15) is 31.1 Å². The predicted molar refractivity (Wildman–Crippen MR) is 55.2 cm³/mol. The molecule has 1 aliphatic rings. The largest absolute Gasteiger partial charge is 0.342 e. The van der Waals surface area contributed by atoms with Gasteiger partial charge in [0.1, 0.15) is 5.82 Å². The molecular weight excluding hydrogens is 160 g/mol. The maximum absolute atomic E-state index is 4.38. The van der Waals surface area contributed by atoms with Crippen molar-refractivity contribution >= 4 is 12.2 Å². The number of aromatic nitrogens is 2. The van der Waals surface area contributed by atoms with Crippen LogP contribution in [0.3, 0.4) is 0 Å². The van der Waals surface area contributed by atoms with E-state index < -0.39 is 0 Å². The number of aryl methyl sites for hydroxylation is 1. The van der Waals surface area contributed by atoms with Gasteiger partial charge >= 0.3 is 0 Å². The lowest BCUT2D eigenvalue weighted by atomic mass is 9.93. The van der Waals surface area contributed by atoms with E-state index in [0.29, 0.717) is 0 Å². The molecule has 0 amide bonds. The third-order valence-corrected chi connectivity index (χ3v) is 2.23. The Kier molecular flexibility index (Phi) is 1.65. The number of aromatic amines is 1. The van der Waals surface area contributed by atoms with Crippen molar-refractivity contribution in [2.75, 3.05) is 0 Å². The zero-order chi connectivity index (χ0) is 9.47. The van der Waals surface area contributed by atoms with Crippen LogP contribution in [-0.2, 0) is 0 Å². The maximum atomic E-state index is 4.38. The van der Waals surface area contributed by atoms with Gasteiger partial charge in [0, 0.05) is 5.41 Å². The molecule has 1 N–H and O–H groups in total. The summed E-state index contributed by atoms with van der Waals surface area (Å²) in [4.78, 5) is 7.61. The highest BCUT2D eigenvalue weighted by Crippen LogP contribution is 2.26. The third kappa shape index (κ3) is 1.57. The number of H-pyrrole nitrogens is 1. The molecule has 0 atom stereocenters. The lowest BCUT2D eigenvalue weighted by Crippen LogP contribution is -2.00. The first kappa shape index (κ1) is 8.30. The first-order valence-corrected chi connectivity index (χ1v) is 4.52. The van der Waals surface area contributed by atoms with Crippen LogP contribution in [0, 0.1) is 12.3 Å². The van der Waals surface area contributed by atoms with Crippen LogP contribution in [0.5, 0.6) is 0 Å². The van der Waals surface area contributed by atoms with Gasteiger partial charge in [-0.25, -0.2) is 4.98 Å². The topological polar surface area (TPSA) is 28.7 Å². The highest BCUT2D eigenvalue weighted by Gasteiger charge is 2.13. The molecule has 0 bridgehead atoms. The SMILES string of the molecule is Cc1nc2c([nH]1)C=CC(C)(C)C=C2. The standard InChI is InChI=1S/C11H14N2/c1-8-12-9-4-6-11(2,3)7-5-10(9)13-8/h4-7H,1-3H3,(H,12,13). The zero-order valence-electron chi connectivity index (χ0n) is 8.26. The molecule has 0 aliphatic heterocycles. The van der Waals surface area contributed by atoms with Gasteiger partial charge < -0.3 is 4.98 Å². The fourth-order valence-electron chi connectivity index (χ4n) is 1.43. The van der Waals surface area contributed by atoms with Gasteiger partial charge in [0.25, 0.3) is 0 Å². The second-order valence-corrected chi connectivity index (χ2v) is 4.11. The molecule has 0 aromatic carbocycles. The number of hydrogen-bond donors (Lipinski definition) is 1. The summed E-state index contributed by atoms with van der Waals surface area (Å²) in [5, 5.41) is 0. The van der Waals surface area contributed by atoms with Crippen LogP contribution < -0.4 is 0 Å². The first-order chi connectivity index (χ1) is 6.07. The summed E-state index contributed by atoms with van der Waals surface area (Å²) in [6.45, 7) is 6.33. The minimum Gasteiger partial charge on any atom is -0.342 e. The Bertz CT molecular complexity index is 347. The number of rotatable bonds is 0. The van der Waals surface area contributed by atoms with Crippen molar-refractivity contribution in [3.63, 3.8) is 0 Å². The van der Waals surface area contributed by atoms with Gasteiger partial charge in [-0.15, -0.1) is 0 Å². The Hall–Kier alpha value is -1.31. The van der Waals surface area contributed by atoms with Crippen LogP contribution in [0.4, 0.5) is 0 Å². The maximum Gasteiger partial charge on any atom is 0.104 e. The van der Waals surface area contributed by atoms with Crippen molar-refractivity contribution in [3.05, 3.63) is 29.4 Å². The minimum absolute atomic E-state index is 0.134. The summed E-state index contributed by atoms with van der Waals surface area (Å²) in [7, 11) is 0. The molecule has 0 fully saturated rings. The van der Waals surface area contributed by atoms with Gasteiger partial charge in [-0.2, -0.15) is 0 Å². The summed E-state index contributed by atoms with van der Waals surface area (Å²) in [6, 6.07) is 0. The van der Waals surface area contributed by atoms with Crippen LogP contribution in [0.25, 0.3) is 12.2 Å². The predicted octanol–water partition coefficient (Wildman–Crippen LogP) is 2.78. The summed E-state index contributed by atoms with van der Waals surface area (Å²) in [5.41, 5.74) is 2.29. The molecule has 2 rings (SSSR count). The molecule has 1 aliphatic carbocycles. The lowest BCUT2D eigenvalue weighted by molar-refractivity contribution is 0.633. The molecule has 2 nitrogen and oxygen atoms in total. The zero-order valence-corrected chi connectivity index (χ0v) is 8.26. The Labute approximate surface area is 78.4 Å². The average Bonchev–Trinajstić information content (AvgIpc) is 2.34. The molecule has 2 heteroatoms. The molecule has 13 heavy (non-hydrogen) atoms. The molecule has 1 aromatic heterocycles. The lowest BCUT2D eigenvalue weighted by Gasteiger charge is -2.11. The summed E-state index contributed by atoms with van der Waals surface area (Å²) in [6.07, 6.45) is 8.55. The fourth-order valence-corrected chi connectivity index (χ4v) is 1.43. The van der Waals surface area contributed by atoms with Gasteiger partial charge in [0.05, 0.1) is 11.4 Å². The number of nitrogens with zero attached hydrogens (tertiary/aromatic N) is 1. The Morgan fingerprint density at radius 2 is 1.92 bits per heavy atom. The van der Waals surface area contributed by atoms with E-state index in [-0.39, 0.29) is 5.41 Å². The Morgan fingerprint density at radius 3 is 2.69 bits per heavy atom. The van der Waals surface area contributed by atoms with E-state index in [1.165, 1.54) is 0 Å². The van der Waals surface area contributed by atoms with Crippen LogP contribution in [-0.4, -0.2) is 9.97 Å². The second kappa shape index (κ2) is 2.59. The van der Waals surface area contributed by atoms with Gasteiger partial charge in [-0.05, 0) is 19.1 Å². The van der Waals surface area contributed by atoms with Crippen LogP contribution >= 0.6 is 0 Å². The van der Waals surface area contributed by atoms with E-state index in [1.54, 1.807) is 0 Å². The van der Waals surface area contributed by atoms with Crippen molar-refractivity contribution in [2.24, 2.45) is 5.41 Å². The number of fused-ring (bicyclic) bond motifs is 1. The smallest absolute Gasteiger partial charge is 0.104 e. The van der Waals surface area contributed by atoms with Gasteiger partial charge in [0.15, 0.2) is 0 Å². The molecule has 0 spiro atoms. The number of nitrogens with one attached hydrogen (secondary N) is 1. The quantitative estimate of drug-likeness (QED) is 0.643. The highest BCUT2D eigenvalue weighted by atomic mass is 14.9. The van der Waals surface area contributed by atoms with Crippen molar-refractivity contribution in [1.82, 2.24) is 9.97 Å². The first-order valence-electron chi connectivity index (χ1n) is 4.52. The van der Waals surface area contributed by atoms with Crippen molar-refractivity contribution in [1.29, 1.82) is 0 Å². The van der Waals surface area contributed by atoms with Crippen molar-refractivity contribution in [3.8, 4) is 0 Å². The number of imidazole rings is 1. The van der Waals surface area contributed by atoms with E-state index in [0.717, 1.165) is 17.2 Å². The van der Waals surface area contributed by atoms with E-state index in [4.69, 9.17) is 0 Å². The molecule has 68 valence electrons. The average molecular weight is 174 g/mol. The molecule has 0 saturated heterocycles. The second-order valence-electron chi connectivity index (χ2n) is 4.11. The Morgan fingerprint density at radius 1 is 1.23 bits per heavy atom. The summed E-state index contributed by atoms with van der Waals surface area (Å²) >= 11 is 0.